The standard InChI is InChI=1S/C30H29NO6/c1-3-36-28(35)29(21-31(27(34)26(29)33)19-23-13-7-4-8-14-23)20-30(37-22(2)32,24-15-9-5-10-16-24)25-17-11-6-12-18-25/h4-18H,3,19-21H2,1-2H3. The highest BCUT2D eigenvalue weighted by molar-refractivity contribution is 6.44. The molecule has 0 saturated carbocycles. The van der Waals surface area contributed by atoms with E-state index < -0.39 is 34.6 Å². The van der Waals surface area contributed by atoms with Gasteiger partial charge in [-0.15, -0.1) is 0 Å². The highest BCUT2D eigenvalue weighted by Crippen LogP contribution is 2.47. The quantitative estimate of drug-likeness (QED) is 0.251. The highest BCUT2D eigenvalue weighted by Gasteiger charge is 2.62. The normalized spacial score (nSPS) is 17.5. The summed E-state index contributed by atoms with van der Waals surface area (Å²) in [4.78, 5) is 54.5. The van der Waals surface area contributed by atoms with E-state index in [1.165, 1.54) is 11.8 Å². The average Bonchev–Trinajstić information content (AvgIpc) is 3.15. The smallest absolute Gasteiger partial charge is 0.322 e. The molecule has 1 heterocycles. The fraction of sp³-hybridized carbons (Fsp3) is 0.267. The van der Waals surface area contributed by atoms with E-state index in [0.29, 0.717) is 11.1 Å². The van der Waals surface area contributed by atoms with Crippen molar-refractivity contribution < 1.29 is 28.7 Å². The van der Waals surface area contributed by atoms with Crippen molar-refractivity contribution in [2.75, 3.05) is 13.2 Å². The topological polar surface area (TPSA) is 90.0 Å². The number of benzene rings is 3. The largest absolute Gasteiger partial charge is 0.465 e. The third-order valence-corrected chi connectivity index (χ3v) is 6.61. The van der Waals surface area contributed by atoms with Crippen molar-refractivity contribution in [3.05, 3.63) is 108 Å². The molecule has 7 heteroatoms. The lowest BCUT2D eigenvalue weighted by Crippen LogP contribution is -2.49. The maximum atomic E-state index is 13.7. The Hall–Kier alpha value is -4.26. The minimum absolute atomic E-state index is 0.0258. The van der Waals surface area contributed by atoms with Crippen molar-refractivity contribution in [1.29, 1.82) is 0 Å². The monoisotopic (exact) mass is 499 g/mol. The first kappa shape index (κ1) is 25.8. The third-order valence-electron chi connectivity index (χ3n) is 6.61. The zero-order valence-corrected chi connectivity index (χ0v) is 20.9. The molecule has 3 aromatic rings. The van der Waals surface area contributed by atoms with Gasteiger partial charge in [0.05, 0.1) is 6.61 Å². The number of carbonyl (C=O) groups excluding carboxylic acids is 4. The van der Waals surface area contributed by atoms with E-state index in [2.05, 4.69) is 0 Å². The van der Waals surface area contributed by atoms with Gasteiger partial charge in [0.15, 0.2) is 11.0 Å². The molecule has 1 aliphatic heterocycles. The van der Waals surface area contributed by atoms with Crippen molar-refractivity contribution in [3.8, 4) is 0 Å². The second-order valence-electron chi connectivity index (χ2n) is 9.11. The van der Waals surface area contributed by atoms with Gasteiger partial charge in [0.1, 0.15) is 0 Å². The fourth-order valence-corrected chi connectivity index (χ4v) is 4.99. The van der Waals surface area contributed by atoms with Gasteiger partial charge in [-0.2, -0.15) is 0 Å². The van der Waals surface area contributed by atoms with Crippen LogP contribution >= 0.6 is 0 Å². The Morgan fingerprint density at radius 3 is 1.86 bits per heavy atom. The second kappa shape index (κ2) is 10.8. The molecule has 0 aromatic heterocycles. The Labute approximate surface area is 216 Å². The Morgan fingerprint density at radius 1 is 0.865 bits per heavy atom. The van der Waals surface area contributed by atoms with Crippen LogP contribution in [0, 0.1) is 5.41 Å². The van der Waals surface area contributed by atoms with Crippen LogP contribution in [0.4, 0.5) is 0 Å². The van der Waals surface area contributed by atoms with E-state index in [0.717, 1.165) is 5.56 Å². The van der Waals surface area contributed by atoms with E-state index in [-0.39, 0.29) is 26.1 Å². The highest BCUT2D eigenvalue weighted by atomic mass is 16.6. The minimum atomic E-state index is -1.89. The number of ether oxygens (including phenoxy) is 2. The molecule has 4 rings (SSSR count). The summed E-state index contributed by atoms with van der Waals surface area (Å²) < 4.78 is 11.4. The molecule has 0 radical (unpaired) electrons. The van der Waals surface area contributed by atoms with Crippen LogP contribution in [0.1, 0.15) is 37.0 Å². The van der Waals surface area contributed by atoms with E-state index in [4.69, 9.17) is 9.47 Å². The molecule has 0 bridgehead atoms. The molecule has 1 aliphatic rings. The number of Topliss-reactive ketones (excluding diaryl/α,β-unsaturated/α-hetero) is 1. The summed E-state index contributed by atoms with van der Waals surface area (Å²) >= 11 is 0. The first-order valence-electron chi connectivity index (χ1n) is 12.2. The fourth-order valence-electron chi connectivity index (χ4n) is 4.99. The zero-order chi connectivity index (χ0) is 26.5. The molecule has 1 amide bonds. The molecule has 0 spiro atoms. The van der Waals surface area contributed by atoms with Crippen molar-refractivity contribution in [1.82, 2.24) is 4.90 Å². The number of rotatable bonds is 9. The predicted molar refractivity (Wildman–Crippen MR) is 136 cm³/mol. The van der Waals surface area contributed by atoms with Gasteiger partial charge in [-0.3, -0.25) is 19.2 Å². The van der Waals surface area contributed by atoms with Gasteiger partial charge in [-0.25, -0.2) is 0 Å². The number of hydrogen-bond acceptors (Lipinski definition) is 6. The number of ketones is 1. The van der Waals surface area contributed by atoms with Crippen LogP contribution in [-0.2, 0) is 40.8 Å². The number of amides is 1. The van der Waals surface area contributed by atoms with Crippen LogP contribution in [0.15, 0.2) is 91.0 Å². The molecule has 1 unspecified atom stereocenters. The molecule has 1 fully saturated rings. The summed E-state index contributed by atoms with van der Waals surface area (Å²) in [6, 6.07) is 27.1. The Kier molecular flexibility index (Phi) is 7.53. The molecule has 0 N–H and O–H groups in total. The van der Waals surface area contributed by atoms with Gasteiger partial charge in [0, 0.05) is 37.6 Å². The lowest BCUT2D eigenvalue weighted by molar-refractivity contribution is -0.170. The summed E-state index contributed by atoms with van der Waals surface area (Å²) in [6.07, 6.45) is -0.289. The van der Waals surface area contributed by atoms with Gasteiger partial charge in [-0.1, -0.05) is 91.0 Å². The minimum Gasteiger partial charge on any atom is -0.465 e. The van der Waals surface area contributed by atoms with Crippen LogP contribution in [0.25, 0.3) is 0 Å². The number of carbonyl (C=O) groups is 4. The first-order valence-corrected chi connectivity index (χ1v) is 12.2. The lowest BCUT2D eigenvalue weighted by atomic mass is 9.70. The SMILES string of the molecule is CCOC(=O)C1(CC(OC(C)=O)(c2ccccc2)c2ccccc2)CN(Cc2ccccc2)C(=O)C1=O. The van der Waals surface area contributed by atoms with E-state index >= 15 is 0 Å². The van der Waals surface area contributed by atoms with Crippen LogP contribution < -0.4 is 0 Å². The van der Waals surface area contributed by atoms with Crippen molar-refractivity contribution >= 4 is 23.6 Å². The molecular formula is C30H29NO6. The average molecular weight is 500 g/mol. The molecule has 1 saturated heterocycles. The maximum absolute atomic E-state index is 13.7. The molecule has 7 nitrogen and oxygen atoms in total. The number of hydrogen-bond donors (Lipinski definition) is 0. The molecule has 1 atom stereocenters. The first-order chi connectivity index (χ1) is 17.8. The Morgan fingerprint density at radius 2 is 1.38 bits per heavy atom. The van der Waals surface area contributed by atoms with E-state index in [1.54, 1.807) is 55.5 Å². The number of likely N-dealkylation sites (tertiary alicyclic amines) is 1. The third kappa shape index (κ3) is 5.03. The van der Waals surface area contributed by atoms with Crippen LogP contribution in [-0.4, -0.2) is 41.7 Å². The number of nitrogens with zero attached hydrogens (tertiary/aromatic N) is 1. The Balaban J connectivity index is 1.88. The van der Waals surface area contributed by atoms with Crippen molar-refractivity contribution in [3.63, 3.8) is 0 Å². The molecule has 37 heavy (non-hydrogen) atoms. The molecule has 190 valence electrons. The zero-order valence-electron chi connectivity index (χ0n) is 20.9. The van der Waals surface area contributed by atoms with Crippen LogP contribution in [0.2, 0.25) is 0 Å². The second-order valence-corrected chi connectivity index (χ2v) is 9.11. The molecular weight excluding hydrogens is 470 g/mol. The van der Waals surface area contributed by atoms with Gasteiger partial charge in [-0.05, 0) is 12.5 Å². The van der Waals surface area contributed by atoms with Gasteiger partial charge >= 0.3 is 11.9 Å². The Bertz CT molecular complexity index is 1240. The predicted octanol–water partition coefficient (Wildman–Crippen LogP) is 4.04. The van der Waals surface area contributed by atoms with Crippen LogP contribution in [0.5, 0.6) is 0 Å². The summed E-state index contributed by atoms with van der Waals surface area (Å²) in [7, 11) is 0. The molecule has 0 aliphatic carbocycles. The van der Waals surface area contributed by atoms with Gasteiger partial charge < -0.3 is 14.4 Å². The summed E-state index contributed by atoms with van der Waals surface area (Å²) in [5.74, 6) is -3.04. The van der Waals surface area contributed by atoms with Gasteiger partial charge in [0.25, 0.3) is 5.91 Å². The van der Waals surface area contributed by atoms with Crippen molar-refractivity contribution in [2.24, 2.45) is 5.41 Å². The maximum Gasteiger partial charge on any atom is 0.322 e. The van der Waals surface area contributed by atoms with E-state index in [9.17, 15) is 19.2 Å². The lowest BCUT2D eigenvalue weighted by Gasteiger charge is -2.39. The van der Waals surface area contributed by atoms with Crippen LogP contribution in [0.3, 0.4) is 0 Å². The number of esters is 2. The van der Waals surface area contributed by atoms with Gasteiger partial charge in [0.2, 0.25) is 5.78 Å². The summed E-state index contributed by atoms with van der Waals surface area (Å²) in [5, 5.41) is 0. The summed E-state index contributed by atoms with van der Waals surface area (Å²) in [5.41, 5.74) is -1.45. The van der Waals surface area contributed by atoms with E-state index in [1.807, 2.05) is 42.5 Å². The molecule has 3 aromatic carbocycles. The summed E-state index contributed by atoms with van der Waals surface area (Å²) in [6.45, 7) is 2.91. The van der Waals surface area contributed by atoms with Crippen molar-refractivity contribution in [2.45, 2.75) is 32.4 Å².